The van der Waals surface area contributed by atoms with Gasteiger partial charge >= 0.3 is 0 Å². The molecule has 2 atom stereocenters. The van der Waals surface area contributed by atoms with Gasteiger partial charge in [0.15, 0.2) is 5.13 Å². The van der Waals surface area contributed by atoms with E-state index in [-0.39, 0.29) is 17.7 Å². The molecule has 2 unspecified atom stereocenters. The number of fused-ring (bicyclic) bond motifs is 1. The Morgan fingerprint density at radius 2 is 1.87 bits per heavy atom. The summed E-state index contributed by atoms with van der Waals surface area (Å²) < 4.78 is 0.970. The Morgan fingerprint density at radius 1 is 1.13 bits per heavy atom. The van der Waals surface area contributed by atoms with Gasteiger partial charge in [-0.25, -0.2) is 4.98 Å². The van der Waals surface area contributed by atoms with E-state index < -0.39 is 0 Å². The molecule has 0 aliphatic heterocycles. The van der Waals surface area contributed by atoms with Gasteiger partial charge in [0, 0.05) is 16.0 Å². The number of nitrogens with zero attached hydrogens (tertiary/aromatic N) is 1. The molecule has 23 heavy (non-hydrogen) atoms. The smallest absolute Gasteiger partial charge is 0.229 e. The first-order valence-corrected chi connectivity index (χ1v) is 8.80. The van der Waals surface area contributed by atoms with E-state index >= 15 is 0 Å². The number of thiazole rings is 1. The minimum Gasteiger partial charge on any atom is -0.302 e. The number of carbonyl (C=O) groups excluding carboxylic acids is 1. The van der Waals surface area contributed by atoms with Crippen molar-refractivity contribution in [2.75, 3.05) is 5.32 Å². The molecule has 3 aromatic rings. The largest absolute Gasteiger partial charge is 0.302 e. The topological polar surface area (TPSA) is 42.0 Å². The van der Waals surface area contributed by atoms with Crippen LogP contribution in [0.4, 0.5) is 5.13 Å². The van der Waals surface area contributed by atoms with Crippen LogP contribution in [0.15, 0.2) is 42.5 Å². The first kappa shape index (κ1) is 14.9. The number of benzene rings is 2. The Hall–Kier alpha value is -1.62. The quantitative estimate of drug-likeness (QED) is 0.682. The van der Waals surface area contributed by atoms with E-state index in [1.807, 2.05) is 36.4 Å². The van der Waals surface area contributed by atoms with Crippen molar-refractivity contribution >= 4 is 55.8 Å². The fourth-order valence-corrected chi connectivity index (χ4v) is 3.98. The van der Waals surface area contributed by atoms with Gasteiger partial charge < -0.3 is 5.32 Å². The molecule has 0 saturated heterocycles. The second-order valence-electron chi connectivity index (χ2n) is 5.62. The third kappa shape index (κ3) is 3.07. The number of halogens is 2. The molecule has 1 aromatic heterocycles. The predicted octanol–water partition coefficient (Wildman–Crippen LogP) is 5.35. The third-order valence-corrected chi connectivity index (χ3v) is 5.43. The van der Waals surface area contributed by atoms with Crippen LogP contribution in [0, 0.1) is 5.92 Å². The fraction of sp³-hybridized carbons (Fsp3) is 0.176. The summed E-state index contributed by atoms with van der Waals surface area (Å²) >= 11 is 13.3. The van der Waals surface area contributed by atoms with Crippen LogP contribution in [0.2, 0.25) is 10.0 Å². The molecule has 1 heterocycles. The van der Waals surface area contributed by atoms with Gasteiger partial charge in [-0.1, -0.05) is 46.7 Å². The molecule has 1 N–H and O–H groups in total. The molecule has 1 amide bonds. The van der Waals surface area contributed by atoms with Crippen molar-refractivity contribution in [3.63, 3.8) is 0 Å². The van der Waals surface area contributed by atoms with E-state index in [1.165, 1.54) is 11.3 Å². The van der Waals surface area contributed by atoms with E-state index in [9.17, 15) is 4.79 Å². The number of aromatic nitrogens is 1. The Kier molecular flexibility index (Phi) is 3.76. The lowest BCUT2D eigenvalue weighted by atomic mass is 10.1. The summed E-state index contributed by atoms with van der Waals surface area (Å²) in [5.74, 6) is 0.304. The average Bonchev–Trinajstić information content (AvgIpc) is 3.23. The zero-order valence-electron chi connectivity index (χ0n) is 11.9. The zero-order valence-corrected chi connectivity index (χ0v) is 14.3. The lowest BCUT2D eigenvalue weighted by Gasteiger charge is -2.01. The molecule has 1 aliphatic carbocycles. The molecule has 1 fully saturated rings. The predicted molar refractivity (Wildman–Crippen MR) is 95.6 cm³/mol. The Balaban J connectivity index is 1.46. The van der Waals surface area contributed by atoms with Gasteiger partial charge in [0.2, 0.25) is 5.91 Å². The van der Waals surface area contributed by atoms with Gasteiger partial charge in [-0.15, -0.1) is 0 Å². The number of amides is 1. The summed E-state index contributed by atoms with van der Waals surface area (Å²) in [4.78, 5) is 16.8. The average molecular weight is 363 g/mol. The molecule has 6 heteroatoms. The summed E-state index contributed by atoms with van der Waals surface area (Å²) in [7, 11) is 0. The normalized spacial score (nSPS) is 19.7. The van der Waals surface area contributed by atoms with Crippen LogP contribution in [0.5, 0.6) is 0 Å². The maximum absolute atomic E-state index is 12.4. The number of hydrogen-bond donors (Lipinski definition) is 1. The summed E-state index contributed by atoms with van der Waals surface area (Å²) in [6, 6.07) is 13.2. The second kappa shape index (κ2) is 5.78. The molecule has 116 valence electrons. The Morgan fingerprint density at radius 3 is 2.65 bits per heavy atom. The summed E-state index contributed by atoms with van der Waals surface area (Å²) in [5.41, 5.74) is 2.00. The van der Waals surface area contributed by atoms with Gasteiger partial charge in [0.1, 0.15) is 0 Å². The van der Waals surface area contributed by atoms with E-state index in [2.05, 4.69) is 10.3 Å². The van der Waals surface area contributed by atoms with E-state index in [4.69, 9.17) is 23.2 Å². The number of carbonyl (C=O) groups is 1. The van der Waals surface area contributed by atoms with Crippen molar-refractivity contribution in [1.29, 1.82) is 0 Å². The van der Waals surface area contributed by atoms with Crippen LogP contribution >= 0.6 is 34.5 Å². The van der Waals surface area contributed by atoms with Gasteiger partial charge in [-0.05, 0) is 48.2 Å². The molecule has 1 aliphatic rings. The van der Waals surface area contributed by atoms with Crippen LogP contribution in [0.25, 0.3) is 10.2 Å². The highest BCUT2D eigenvalue weighted by Crippen LogP contribution is 2.48. The van der Waals surface area contributed by atoms with Crippen LogP contribution in [0.1, 0.15) is 17.9 Å². The lowest BCUT2D eigenvalue weighted by Crippen LogP contribution is -2.14. The van der Waals surface area contributed by atoms with E-state index in [0.717, 1.165) is 22.2 Å². The van der Waals surface area contributed by atoms with E-state index in [1.54, 1.807) is 6.07 Å². The molecular formula is C17H12Cl2N2OS. The molecular weight excluding hydrogens is 351 g/mol. The lowest BCUT2D eigenvalue weighted by molar-refractivity contribution is -0.117. The van der Waals surface area contributed by atoms with Crippen LogP contribution < -0.4 is 5.32 Å². The summed E-state index contributed by atoms with van der Waals surface area (Å²) in [5, 5.41) is 4.92. The SMILES string of the molecule is O=C(Nc1nc2ccc(Cl)cc2s1)C1CC1c1ccc(Cl)cc1. The number of nitrogens with one attached hydrogen (secondary N) is 1. The highest BCUT2D eigenvalue weighted by Gasteiger charge is 2.44. The molecule has 4 rings (SSSR count). The Bertz CT molecular complexity index is 891. The number of anilines is 1. The van der Waals surface area contributed by atoms with Crippen molar-refractivity contribution in [3.05, 3.63) is 58.1 Å². The van der Waals surface area contributed by atoms with Crippen molar-refractivity contribution in [1.82, 2.24) is 4.98 Å². The highest BCUT2D eigenvalue weighted by molar-refractivity contribution is 7.22. The summed E-state index contributed by atoms with van der Waals surface area (Å²) in [6.45, 7) is 0. The molecule has 2 aromatic carbocycles. The van der Waals surface area contributed by atoms with Gasteiger partial charge in [0.05, 0.1) is 10.2 Å². The molecule has 0 spiro atoms. The van der Waals surface area contributed by atoms with Crippen molar-refractivity contribution < 1.29 is 4.79 Å². The summed E-state index contributed by atoms with van der Waals surface area (Å²) in [6.07, 6.45) is 0.865. The standard InChI is InChI=1S/C17H12Cl2N2OS/c18-10-3-1-9(2-4-10)12-8-13(12)16(22)21-17-20-14-6-5-11(19)7-15(14)23-17/h1-7,12-13H,8H2,(H,20,21,22). The maximum Gasteiger partial charge on any atom is 0.229 e. The third-order valence-electron chi connectivity index (χ3n) is 4.01. The van der Waals surface area contributed by atoms with Crippen LogP contribution in [0.3, 0.4) is 0 Å². The van der Waals surface area contributed by atoms with Gasteiger partial charge in [0.25, 0.3) is 0 Å². The Labute approximate surface area is 147 Å². The van der Waals surface area contributed by atoms with Crippen molar-refractivity contribution in [3.8, 4) is 0 Å². The minimum atomic E-state index is 0.00627. The van der Waals surface area contributed by atoms with Gasteiger partial charge in [-0.3, -0.25) is 4.79 Å². The van der Waals surface area contributed by atoms with Crippen molar-refractivity contribution in [2.45, 2.75) is 12.3 Å². The van der Waals surface area contributed by atoms with Crippen molar-refractivity contribution in [2.24, 2.45) is 5.92 Å². The second-order valence-corrected chi connectivity index (χ2v) is 7.52. The first-order chi connectivity index (χ1) is 11.1. The van der Waals surface area contributed by atoms with E-state index in [0.29, 0.717) is 15.2 Å². The van der Waals surface area contributed by atoms with Gasteiger partial charge in [-0.2, -0.15) is 0 Å². The highest BCUT2D eigenvalue weighted by atomic mass is 35.5. The number of rotatable bonds is 3. The fourth-order valence-electron chi connectivity index (χ4n) is 2.71. The van der Waals surface area contributed by atoms with Crippen LogP contribution in [-0.2, 0) is 4.79 Å². The van der Waals surface area contributed by atoms with Crippen LogP contribution in [-0.4, -0.2) is 10.9 Å². The number of hydrogen-bond acceptors (Lipinski definition) is 3. The zero-order chi connectivity index (χ0) is 16.0. The minimum absolute atomic E-state index is 0.00627. The first-order valence-electron chi connectivity index (χ1n) is 7.22. The monoisotopic (exact) mass is 362 g/mol. The molecule has 3 nitrogen and oxygen atoms in total. The molecule has 0 radical (unpaired) electrons. The maximum atomic E-state index is 12.4. The molecule has 0 bridgehead atoms. The molecule has 1 saturated carbocycles.